The van der Waals surface area contributed by atoms with Gasteiger partial charge >= 0.3 is 0 Å². The molecule has 0 spiro atoms. The molecule has 122 valence electrons. The number of phenols is 1. The Morgan fingerprint density at radius 2 is 1.60 bits per heavy atom. The van der Waals surface area contributed by atoms with Crippen molar-refractivity contribution in [1.82, 2.24) is 9.97 Å². The van der Waals surface area contributed by atoms with Crippen LogP contribution in [0.2, 0.25) is 0 Å². The molecule has 0 amide bonds. The number of hydrogen-bond acceptors (Lipinski definition) is 4. The van der Waals surface area contributed by atoms with Crippen molar-refractivity contribution in [2.75, 3.05) is 5.32 Å². The highest BCUT2D eigenvalue weighted by molar-refractivity contribution is 9.10. The van der Waals surface area contributed by atoms with Crippen LogP contribution in [0, 0.1) is 0 Å². The van der Waals surface area contributed by atoms with Crippen molar-refractivity contribution in [2.24, 2.45) is 0 Å². The number of hydrogen-bond donors (Lipinski definition) is 2. The van der Waals surface area contributed by atoms with Gasteiger partial charge in [0.1, 0.15) is 11.6 Å². The molecule has 1 aromatic heterocycles. The highest BCUT2D eigenvalue weighted by Crippen LogP contribution is 2.29. The number of aromatic hydroxyl groups is 1. The lowest BCUT2D eigenvalue weighted by molar-refractivity contribution is 0.475. The van der Waals surface area contributed by atoms with Gasteiger partial charge in [-0.1, -0.05) is 46.3 Å². The maximum Gasteiger partial charge on any atom is 0.162 e. The predicted molar refractivity (Wildman–Crippen MR) is 104 cm³/mol. The standard InChI is InChI=1S/C20H14BrN3O/c21-14-6-11-18-17(12-14)20(22-15-7-9-16(25)10-8-15)24-19(23-18)13-4-2-1-3-5-13/h1-12,25H,(H,22,23,24). The molecule has 3 aromatic carbocycles. The average molecular weight is 392 g/mol. The van der Waals surface area contributed by atoms with Crippen molar-refractivity contribution in [2.45, 2.75) is 0 Å². The minimum Gasteiger partial charge on any atom is -0.508 e. The molecule has 0 radical (unpaired) electrons. The SMILES string of the molecule is Oc1ccc(Nc2nc(-c3ccccc3)nc3ccc(Br)cc23)cc1. The largest absolute Gasteiger partial charge is 0.508 e. The van der Waals surface area contributed by atoms with E-state index in [9.17, 15) is 5.11 Å². The molecule has 1 heterocycles. The van der Waals surface area contributed by atoms with Crippen LogP contribution in [0.25, 0.3) is 22.3 Å². The highest BCUT2D eigenvalue weighted by atomic mass is 79.9. The van der Waals surface area contributed by atoms with Gasteiger partial charge in [0.2, 0.25) is 0 Å². The van der Waals surface area contributed by atoms with Gasteiger partial charge in [0.25, 0.3) is 0 Å². The van der Waals surface area contributed by atoms with Crippen LogP contribution in [0.3, 0.4) is 0 Å². The molecule has 5 heteroatoms. The molecule has 25 heavy (non-hydrogen) atoms. The van der Waals surface area contributed by atoms with E-state index in [2.05, 4.69) is 21.2 Å². The Kier molecular flexibility index (Phi) is 4.07. The third-order valence-corrected chi connectivity index (χ3v) is 4.31. The van der Waals surface area contributed by atoms with Crippen LogP contribution in [0.4, 0.5) is 11.5 Å². The number of halogens is 1. The summed E-state index contributed by atoms with van der Waals surface area (Å²) < 4.78 is 0.963. The first-order valence-corrected chi connectivity index (χ1v) is 8.57. The average Bonchev–Trinajstić information content (AvgIpc) is 2.64. The van der Waals surface area contributed by atoms with Crippen LogP contribution < -0.4 is 5.32 Å². The van der Waals surface area contributed by atoms with Crippen LogP contribution in [0.15, 0.2) is 77.3 Å². The zero-order valence-electron chi connectivity index (χ0n) is 13.1. The molecule has 0 aliphatic carbocycles. The lowest BCUT2D eigenvalue weighted by Crippen LogP contribution is -1.99. The van der Waals surface area contributed by atoms with E-state index in [1.807, 2.05) is 60.7 Å². The monoisotopic (exact) mass is 391 g/mol. The summed E-state index contributed by atoms with van der Waals surface area (Å²) in [4.78, 5) is 9.42. The molecule has 2 N–H and O–H groups in total. The fourth-order valence-corrected chi connectivity index (χ4v) is 2.95. The summed E-state index contributed by atoms with van der Waals surface area (Å²) in [6.45, 7) is 0. The van der Waals surface area contributed by atoms with Crippen molar-refractivity contribution in [3.05, 3.63) is 77.3 Å². The summed E-state index contributed by atoms with van der Waals surface area (Å²) in [5.74, 6) is 1.61. The number of rotatable bonds is 3. The van der Waals surface area contributed by atoms with Gasteiger partial charge in [-0.15, -0.1) is 0 Å². The summed E-state index contributed by atoms with van der Waals surface area (Å²) in [5, 5.41) is 13.7. The van der Waals surface area contributed by atoms with Crippen molar-refractivity contribution < 1.29 is 5.11 Å². The van der Waals surface area contributed by atoms with Gasteiger partial charge in [-0.3, -0.25) is 0 Å². The summed E-state index contributed by atoms with van der Waals surface area (Å²) in [6, 6.07) is 22.7. The lowest BCUT2D eigenvalue weighted by atomic mass is 10.2. The summed E-state index contributed by atoms with van der Waals surface area (Å²) in [6.07, 6.45) is 0. The van der Waals surface area contributed by atoms with E-state index in [-0.39, 0.29) is 5.75 Å². The Morgan fingerprint density at radius 3 is 2.36 bits per heavy atom. The van der Waals surface area contributed by atoms with E-state index in [0.717, 1.165) is 32.4 Å². The van der Waals surface area contributed by atoms with E-state index < -0.39 is 0 Å². The predicted octanol–water partition coefficient (Wildman–Crippen LogP) is 5.51. The number of anilines is 2. The second-order valence-electron chi connectivity index (χ2n) is 5.60. The first kappa shape index (κ1) is 15.6. The summed E-state index contributed by atoms with van der Waals surface area (Å²) >= 11 is 3.51. The van der Waals surface area contributed by atoms with E-state index in [1.54, 1.807) is 12.1 Å². The second-order valence-corrected chi connectivity index (χ2v) is 6.51. The zero-order chi connectivity index (χ0) is 17.2. The third kappa shape index (κ3) is 3.32. The van der Waals surface area contributed by atoms with Gasteiger partial charge in [-0.05, 0) is 42.5 Å². The summed E-state index contributed by atoms with van der Waals surface area (Å²) in [7, 11) is 0. The van der Waals surface area contributed by atoms with Crippen LogP contribution in [0.5, 0.6) is 5.75 Å². The smallest absolute Gasteiger partial charge is 0.162 e. The van der Waals surface area contributed by atoms with E-state index in [4.69, 9.17) is 9.97 Å². The van der Waals surface area contributed by atoms with E-state index in [0.29, 0.717) is 5.82 Å². The maximum absolute atomic E-state index is 9.46. The molecule has 0 saturated carbocycles. The molecule has 0 atom stereocenters. The molecule has 0 aliphatic rings. The number of fused-ring (bicyclic) bond motifs is 1. The number of aromatic nitrogens is 2. The van der Waals surface area contributed by atoms with Gasteiger partial charge in [0.05, 0.1) is 5.52 Å². The Hall–Kier alpha value is -2.92. The second kappa shape index (κ2) is 6.53. The molecule has 0 aliphatic heterocycles. The van der Waals surface area contributed by atoms with Gasteiger partial charge < -0.3 is 10.4 Å². The zero-order valence-corrected chi connectivity index (χ0v) is 14.7. The maximum atomic E-state index is 9.46. The number of nitrogens with zero attached hydrogens (tertiary/aromatic N) is 2. The van der Waals surface area contributed by atoms with Gasteiger partial charge in [-0.25, -0.2) is 9.97 Å². The minimum atomic E-state index is 0.228. The molecular formula is C20H14BrN3O. The van der Waals surface area contributed by atoms with Crippen molar-refractivity contribution in [1.29, 1.82) is 0 Å². The van der Waals surface area contributed by atoms with Gasteiger partial charge in [-0.2, -0.15) is 0 Å². The lowest BCUT2D eigenvalue weighted by Gasteiger charge is -2.11. The first-order chi connectivity index (χ1) is 12.2. The van der Waals surface area contributed by atoms with Crippen molar-refractivity contribution in [3.8, 4) is 17.1 Å². The molecular weight excluding hydrogens is 378 g/mol. The van der Waals surface area contributed by atoms with Crippen LogP contribution in [-0.2, 0) is 0 Å². The topological polar surface area (TPSA) is 58.0 Å². The van der Waals surface area contributed by atoms with Gasteiger partial charge in [0.15, 0.2) is 5.82 Å². The highest BCUT2D eigenvalue weighted by Gasteiger charge is 2.10. The van der Waals surface area contributed by atoms with Crippen molar-refractivity contribution >= 4 is 38.3 Å². The van der Waals surface area contributed by atoms with Crippen LogP contribution in [-0.4, -0.2) is 15.1 Å². The van der Waals surface area contributed by atoms with Crippen LogP contribution in [0.1, 0.15) is 0 Å². The minimum absolute atomic E-state index is 0.228. The molecule has 4 rings (SSSR count). The van der Waals surface area contributed by atoms with Crippen molar-refractivity contribution in [3.63, 3.8) is 0 Å². The third-order valence-electron chi connectivity index (χ3n) is 3.82. The number of nitrogens with one attached hydrogen (secondary N) is 1. The number of phenolic OH excluding ortho intramolecular Hbond substituents is 1. The van der Waals surface area contributed by atoms with Gasteiger partial charge in [0, 0.05) is 21.1 Å². The number of benzene rings is 3. The Balaban J connectivity index is 1.87. The first-order valence-electron chi connectivity index (χ1n) is 7.78. The molecule has 0 unspecified atom stereocenters. The Morgan fingerprint density at radius 1 is 0.840 bits per heavy atom. The fourth-order valence-electron chi connectivity index (χ4n) is 2.59. The molecule has 0 bridgehead atoms. The quantitative estimate of drug-likeness (QED) is 0.452. The fraction of sp³-hybridized carbons (Fsp3) is 0. The molecule has 4 aromatic rings. The Bertz CT molecular complexity index is 1030. The molecule has 0 fully saturated rings. The van der Waals surface area contributed by atoms with E-state index in [1.165, 1.54) is 0 Å². The molecule has 0 saturated heterocycles. The normalized spacial score (nSPS) is 10.8. The molecule has 4 nitrogen and oxygen atoms in total. The van der Waals surface area contributed by atoms with E-state index >= 15 is 0 Å². The summed E-state index contributed by atoms with van der Waals surface area (Å²) in [5.41, 5.74) is 2.66. The Labute approximate surface area is 153 Å². The van der Waals surface area contributed by atoms with Crippen LogP contribution >= 0.6 is 15.9 Å².